The molecule has 162 valence electrons. The molecule has 0 fully saturated rings. The van der Waals surface area contributed by atoms with Gasteiger partial charge in [0, 0.05) is 21.5 Å². The van der Waals surface area contributed by atoms with Crippen LogP contribution in [0, 0.1) is 0 Å². The van der Waals surface area contributed by atoms with Crippen molar-refractivity contribution in [2.24, 2.45) is 0 Å². The van der Waals surface area contributed by atoms with Crippen molar-refractivity contribution in [1.29, 1.82) is 0 Å². The van der Waals surface area contributed by atoms with E-state index < -0.39 is 47.0 Å². The molecule has 1 atom stereocenters. The molecule has 2 aromatic rings. The van der Waals surface area contributed by atoms with Crippen LogP contribution in [-0.4, -0.2) is 23.0 Å². The van der Waals surface area contributed by atoms with Crippen molar-refractivity contribution >= 4 is 39.4 Å². The lowest BCUT2D eigenvalue weighted by molar-refractivity contribution is -0.143. The van der Waals surface area contributed by atoms with Crippen molar-refractivity contribution in [2.45, 2.75) is 24.8 Å². The lowest BCUT2D eigenvalue weighted by Crippen LogP contribution is -2.42. The zero-order valence-corrected chi connectivity index (χ0v) is 16.9. The lowest BCUT2D eigenvalue weighted by atomic mass is 10.0. The van der Waals surface area contributed by atoms with Crippen LogP contribution < -0.4 is 5.32 Å². The zero-order valence-electron chi connectivity index (χ0n) is 14.5. The number of hydrogen-bond acceptors (Lipinski definition) is 2. The summed E-state index contributed by atoms with van der Waals surface area (Å²) in [7, 11) is 0. The number of carboxylic acids is 1. The Bertz CT molecular complexity index is 945. The summed E-state index contributed by atoms with van der Waals surface area (Å²) >= 11 is 9.00. The summed E-state index contributed by atoms with van der Waals surface area (Å²) in [5.41, 5.74) is -4.00. The summed E-state index contributed by atoms with van der Waals surface area (Å²) in [5.74, 6) is -2.95. The van der Waals surface area contributed by atoms with Gasteiger partial charge in [0.15, 0.2) is 0 Å². The fourth-order valence-corrected chi connectivity index (χ4v) is 3.05. The monoisotopic (exact) mass is 517 g/mol. The predicted octanol–water partition coefficient (Wildman–Crippen LogP) is 5.57. The average molecular weight is 519 g/mol. The van der Waals surface area contributed by atoms with Crippen molar-refractivity contribution in [3.05, 3.63) is 68.1 Å². The van der Waals surface area contributed by atoms with Crippen LogP contribution >= 0.6 is 27.5 Å². The van der Waals surface area contributed by atoms with E-state index in [-0.39, 0.29) is 29.6 Å². The van der Waals surface area contributed by atoms with E-state index in [0.29, 0.717) is 10.0 Å². The summed E-state index contributed by atoms with van der Waals surface area (Å²) in [6.45, 7) is 0. The van der Waals surface area contributed by atoms with E-state index in [0.717, 1.165) is 0 Å². The number of nitrogens with one attached hydrogen (secondary N) is 1. The van der Waals surface area contributed by atoms with Gasteiger partial charge in [-0.1, -0.05) is 27.5 Å². The molecule has 0 radical (unpaired) electrons. The van der Waals surface area contributed by atoms with Gasteiger partial charge in [-0.2, -0.15) is 26.3 Å². The summed E-state index contributed by atoms with van der Waals surface area (Å²) < 4.78 is 78.1. The number of halogens is 8. The first kappa shape index (κ1) is 24.0. The minimum Gasteiger partial charge on any atom is -0.480 e. The Labute approximate surface area is 179 Å². The molecule has 2 aromatic carbocycles. The number of carboxylic acid groups (broad SMARTS) is 1. The van der Waals surface area contributed by atoms with Crippen LogP contribution in [0.4, 0.5) is 26.3 Å². The number of amides is 1. The Balaban J connectivity index is 2.38. The summed E-state index contributed by atoms with van der Waals surface area (Å²) in [4.78, 5) is 23.8. The largest absolute Gasteiger partial charge is 0.480 e. The maximum Gasteiger partial charge on any atom is 0.416 e. The van der Waals surface area contributed by atoms with Crippen molar-refractivity contribution in [1.82, 2.24) is 5.32 Å². The van der Waals surface area contributed by atoms with Crippen LogP contribution in [0.2, 0.25) is 5.02 Å². The minimum atomic E-state index is -5.14. The minimum absolute atomic E-state index is 0.130. The normalized spacial score (nSPS) is 13.1. The first-order valence-electron chi connectivity index (χ1n) is 7.95. The molecule has 2 N–H and O–H groups in total. The third-order valence-electron chi connectivity index (χ3n) is 3.89. The molecular formula is C18H11BrClF6NO3. The highest BCUT2D eigenvalue weighted by Gasteiger charge is 2.37. The number of hydrogen-bond donors (Lipinski definition) is 2. The van der Waals surface area contributed by atoms with Gasteiger partial charge in [0.1, 0.15) is 6.04 Å². The molecule has 30 heavy (non-hydrogen) atoms. The van der Waals surface area contributed by atoms with Crippen molar-refractivity contribution in [3.63, 3.8) is 0 Å². The second-order valence-corrected chi connectivity index (χ2v) is 7.39. The van der Waals surface area contributed by atoms with Crippen molar-refractivity contribution in [3.8, 4) is 0 Å². The van der Waals surface area contributed by atoms with Crippen LogP contribution in [-0.2, 0) is 23.6 Å². The Morgan fingerprint density at radius 1 is 1.00 bits per heavy atom. The summed E-state index contributed by atoms with van der Waals surface area (Å²) in [5, 5.41) is 11.5. The number of carbonyl (C=O) groups excluding carboxylic acids is 1. The van der Waals surface area contributed by atoms with Gasteiger partial charge >= 0.3 is 18.3 Å². The first-order valence-corrected chi connectivity index (χ1v) is 9.12. The van der Waals surface area contributed by atoms with Crippen LogP contribution in [0.3, 0.4) is 0 Å². The molecule has 0 bridgehead atoms. The molecule has 1 amide bonds. The van der Waals surface area contributed by atoms with E-state index in [2.05, 4.69) is 15.9 Å². The van der Waals surface area contributed by atoms with E-state index in [9.17, 15) is 41.0 Å². The number of alkyl halides is 6. The predicted molar refractivity (Wildman–Crippen MR) is 98.2 cm³/mol. The van der Waals surface area contributed by atoms with E-state index >= 15 is 0 Å². The Hall–Kier alpha value is -2.27. The highest BCUT2D eigenvalue weighted by Crippen LogP contribution is 2.36. The second-order valence-electron chi connectivity index (χ2n) is 6.10. The molecule has 0 aliphatic rings. The SMILES string of the molecule is O=C(N[C@H](Cc1cc(Cl)ccc1Br)C(=O)O)c1cc(C(F)(F)F)cc(C(F)(F)F)c1. The van der Waals surface area contributed by atoms with Gasteiger partial charge in [-0.3, -0.25) is 4.79 Å². The second kappa shape index (κ2) is 8.84. The van der Waals surface area contributed by atoms with Gasteiger partial charge in [-0.15, -0.1) is 0 Å². The molecule has 0 aliphatic carbocycles. The van der Waals surface area contributed by atoms with E-state index in [4.69, 9.17) is 11.6 Å². The van der Waals surface area contributed by atoms with Crippen LogP contribution in [0.1, 0.15) is 27.0 Å². The zero-order chi connectivity index (χ0) is 22.9. The number of rotatable bonds is 5. The van der Waals surface area contributed by atoms with Crippen LogP contribution in [0.5, 0.6) is 0 Å². The topological polar surface area (TPSA) is 66.4 Å². The molecule has 2 rings (SSSR count). The molecular weight excluding hydrogens is 508 g/mol. The maximum absolute atomic E-state index is 12.9. The molecule has 0 heterocycles. The fourth-order valence-electron chi connectivity index (χ4n) is 2.45. The standard InChI is InChI=1S/C18H11BrClF6NO3/c19-13-2-1-12(20)5-8(13)6-14(16(29)30)27-15(28)9-3-10(17(21,22)23)7-11(4-9)18(24,25)26/h1-5,7,14H,6H2,(H,27,28)(H,29,30)/t14-/m1/s1. The molecule has 0 spiro atoms. The number of carbonyl (C=O) groups is 2. The quantitative estimate of drug-likeness (QED) is 0.509. The smallest absolute Gasteiger partial charge is 0.416 e. The maximum atomic E-state index is 12.9. The number of aliphatic carboxylic acids is 1. The van der Waals surface area contributed by atoms with Crippen LogP contribution in [0.15, 0.2) is 40.9 Å². The molecule has 0 saturated carbocycles. The molecule has 12 heteroatoms. The molecule has 0 aromatic heterocycles. The molecule has 0 unspecified atom stereocenters. The van der Waals surface area contributed by atoms with Gasteiger partial charge in [-0.25, -0.2) is 4.79 Å². The summed E-state index contributed by atoms with van der Waals surface area (Å²) in [6, 6.07) is 3.09. The van der Waals surface area contributed by atoms with Gasteiger partial charge in [0.05, 0.1) is 11.1 Å². The summed E-state index contributed by atoms with van der Waals surface area (Å²) in [6.07, 6.45) is -10.6. The third kappa shape index (κ3) is 6.11. The van der Waals surface area contributed by atoms with E-state index in [1.165, 1.54) is 18.2 Å². The lowest BCUT2D eigenvalue weighted by Gasteiger charge is -2.18. The van der Waals surface area contributed by atoms with Crippen molar-refractivity contribution in [2.75, 3.05) is 0 Å². The highest BCUT2D eigenvalue weighted by atomic mass is 79.9. The van der Waals surface area contributed by atoms with Crippen LogP contribution in [0.25, 0.3) is 0 Å². The number of benzene rings is 2. The molecule has 0 aliphatic heterocycles. The highest BCUT2D eigenvalue weighted by molar-refractivity contribution is 9.10. The van der Waals surface area contributed by atoms with Gasteiger partial charge in [-0.05, 0) is 42.0 Å². The van der Waals surface area contributed by atoms with E-state index in [1.807, 2.05) is 5.32 Å². The van der Waals surface area contributed by atoms with Gasteiger partial charge < -0.3 is 10.4 Å². The third-order valence-corrected chi connectivity index (χ3v) is 4.89. The van der Waals surface area contributed by atoms with Gasteiger partial charge in [0.2, 0.25) is 0 Å². The molecule has 0 saturated heterocycles. The Kier molecular flexibility index (Phi) is 7.08. The molecule has 4 nitrogen and oxygen atoms in total. The fraction of sp³-hybridized carbons (Fsp3) is 0.222. The van der Waals surface area contributed by atoms with Gasteiger partial charge in [0.25, 0.3) is 5.91 Å². The van der Waals surface area contributed by atoms with E-state index in [1.54, 1.807) is 0 Å². The van der Waals surface area contributed by atoms with Crippen molar-refractivity contribution < 1.29 is 41.0 Å². The Morgan fingerprint density at radius 2 is 1.53 bits per heavy atom. The average Bonchev–Trinajstić information content (AvgIpc) is 2.62. The Morgan fingerprint density at radius 3 is 2.00 bits per heavy atom. The first-order chi connectivity index (χ1) is 13.7.